The molecule has 2 heterocycles. The molecule has 7 nitrogen and oxygen atoms in total. The summed E-state index contributed by atoms with van der Waals surface area (Å²) in [4.78, 5) is 22.3. The molecule has 0 radical (unpaired) electrons. The summed E-state index contributed by atoms with van der Waals surface area (Å²) in [5, 5.41) is 2.85. The Kier molecular flexibility index (Phi) is 3.08. The third-order valence-corrected chi connectivity index (χ3v) is 3.10. The predicted molar refractivity (Wildman–Crippen MR) is 69.0 cm³/mol. The van der Waals surface area contributed by atoms with Gasteiger partial charge in [0.2, 0.25) is 11.9 Å². The van der Waals surface area contributed by atoms with Gasteiger partial charge in [-0.1, -0.05) is 0 Å². The van der Waals surface area contributed by atoms with Crippen LogP contribution in [0.4, 0.5) is 11.8 Å². The first-order chi connectivity index (χ1) is 8.45. The highest BCUT2D eigenvalue weighted by Gasteiger charge is 2.38. The highest BCUT2D eigenvalue weighted by atomic mass is 16.2. The number of nitrogens with two attached hydrogens (primary N) is 1. The Labute approximate surface area is 106 Å². The van der Waals surface area contributed by atoms with Crippen molar-refractivity contribution in [3.8, 4) is 0 Å². The molecule has 98 valence electrons. The number of nitrogen functional groups attached to an aromatic ring is 1. The molecule has 0 bridgehead atoms. The van der Waals surface area contributed by atoms with Gasteiger partial charge in [0.05, 0.1) is 0 Å². The molecule has 1 saturated heterocycles. The van der Waals surface area contributed by atoms with Crippen molar-refractivity contribution in [1.82, 2.24) is 15.3 Å². The number of nitrogens with one attached hydrogen (secondary N) is 2. The van der Waals surface area contributed by atoms with Crippen molar-refractivity contribution in [2.45, 2.75) is 26.3 Å². The molecule has 0 atom stereocenters. The number of anilines is 2. The molecule has 0 spiro atoms. The first-order valence-electron chi connectivity index (χ1n) is 5.83. The summed E-state index contributed by atoms with van der Waals surface area (Å²) in [7, 11) is 0. The largest absolute Gasteiger partial charge is 0.352 e. The van der Waals surface area contributed by atoms with Crippen molar-refractivity contribution in [2.24, 2.45) is 5.84 Å². The Morgan fingerprint density at radius 3 is 2.89 bits per heavy atom. The van der Waals surface area contributed by atoms with E-state index >= 15 is 0 Å². The molecule has 1 amide bonds. The monoisotopic (exact) mass is 250 g/mol. The van der Waals surface area contributed by atoms with E-state index in [1.54, 1.807) is 0 Å². The van der Waals surface area contributed by atoms with Gasteiger partial charge in [0.1, 0.15) is 11.4 Å². The van der Waals surface area contributed by atoms with E-state index in [1.807, 2.05) is 31.7 Å². The molecule has 2 rings (SSSR count). The second-order valence-electron chi connectivity index (χ2n) is 4.80. The van der Waals surface area contributed by atoms with Gasteiger partial charge in [0.15, 0.2) is 0 Å². The van der Waals surface area contributed by atoms with Gasteiger partial charge >= 0.3 is 0 Å². The van der Waals surface area contributed by atoms with E-state index in [1.165, 1.54) is 0 Å². The lowest BCUT2D eigenvalue weighted by Gasteiger charge is -2.42. The zero-order valence-corrected chi connectivity index (χ0v) is 10.8. The highest BCUT2D eigenvalue weighted by molar-refractivity contribution is 5.90. The Morgan fingerprint density at radius 1 is 1.50 bits per heavy atom. The van der Waals surface area contributed by atoms with Gasteiger partial charge in [-0.15, -0.1) is 0 Å². The van der Waals surface area contributed by atoms with Crippen molar-refractivity contribution >= 4 is 17.7 Å². The second kappa shape index (κ2) is 4.41. The van der Waals surface area contributed by atoms with E-state index in [4.69, 9.17) is 5.84 Å². The molecule has 1 fully saturated rings. The molecule has 18 heavy (non-hydrogen) atoms. The van der Waals surface area contributed by atoms with Gasteiger partial charge < -0.3 is 10.2 Å². The molecule has 1 aliphatic heterocycles. The van der Waals surface area contributed by atoms with E-state index < -0.39 is 5.54 Å². The summed E-state index contributed by atoms with van der Waals surface area (Å²) in [6, 6.07) is 1.85. The van der Waals surface area contributed by atoms with E-state index in [0.29, 0.717) is 24.9 Å². The van der Waals surface area contributed by atoms with Crippen molar-refractivity contribution < 1.29 is 4.79 Å². The van der Waals surface area contributed by atoms with Crippen LogP contribution in [0.2, 0.25) is 0 Å². The summed E-state index contributed by atoms with van der Waals surface area (Å²) < 4.78 is 0. The minimum atomic E-state index is -0.634. The summed E-state index contributed by atoms with van der Waals surface area (Å²) in [6.45, 7) is 6.92. The van der Waals surface area contributed by atoms with Crippen LogP contribution in [0.15, 0.2) is 6.07 Å². The number of hydrogen-bond acceptors (Lipinski definition) is 6. The number of rotatable bonds is 2. The van der Waals surface area contributed by atoms with Gasteiger partial charge in [-0.3, -0.25) is 10.2 Å². The molecule has 0 aliphatic carbocycles. The molecule has 0 saturated carbocycles. The predicted octanol–water partition coefficient (Wildman–Crippen LogP) is -0.215. The Morgan fingerprint density at radius 2 is 2.22 bits per heavy atom. The lowest BCUT2D eigenvalue weighted by Crippen LogP contribution is -2.62. The SMILES string of the molecule is Cc1cc(N2CCNC(=O)C2(C)C)nc(NN)n1. The van der Waals surface area contributed by atoms with Gasteiger partial charge in [0.25, 0.3) is 0 Å². The number of nitrogens with zero attached hydrogens (tertiary/aromatic N) is 3. The molecule has 0 unspecified atom stereocenters. The summed E-state index contributed by atoms with van der Waals surface area (Å²) in [6.07, 6.45) is 0. The molecule has 1 aromatic rings. The number of amides is 1. The second-order valence-corrected chi connectivity index (χ2v) is 4.80. The molecule has 4 N–H and O–H groups in total. The standard InChI is InChI=1S/C11H18N6O/c1-7-6-8(15-10(14-7)16-12)17-5-4-13-9(18)11(17,2)3/h6H,4-5,12H2,1-3H3,(H,13,18)(H,14,15,16). The van der Waals surface area contributed by atoms with Gasteiger partial charge in [0, 0.05) is 24.8 Å². The minimum Gasteiger partial charge on any atom is -0.352 e. The van der Waals surface area contributed by atoms with Crippen LogP contribution in [0.5, 0.6) is 0 Å². The fourth-order valence-corrected chi connectivity index (χ4v) is 2.06. The van der Waals surface area contributed by atoms with Crippen LogP contribution >= 0.6 is 0 Å². The first kappa shape index (κ1) is 12.6. The molecular formula is C11H18N6O. The zero-order valence-electron chi connectivity index (χ0n) is 10.8. The third kappa shape index (κ3) is 2.08. The number of carbonyl (C=O) groups excluding carboxylic acids is 1. The fourth-order valence-electron chi connectivity index (χ4n) is 2.06. The lowest BCUT2D eigenvalue weighted by atomic mass is 9.99. The van der Waals surface area contributed by atoms with Gasteiger partial charge in [-0.05, 0) is 20.8 Å². The van der Waals surface area contributed by atoms with E-state index in [0.717, 1.165) is 5.69 Å². The topological polar surface area (TPSA) is 96.2 Å². The summed E-state index contributed by atoms with van der Waals surface area (Å²) in [5.74, 6) is 6.39. The fraction of sp³-hybridized carbons (Fsp3) is 0.545. The van der Waals surface area contributed by atoms with Gasteiger partial charge in [-0.2, -0.15) is 4.98 Å². The van der Waals surface area contributed by atoms with E-state index in [-0.39, 0.29) is 5.91 Å². The Balaban J connectivity index is 2.41. The minimum absolute atomic E-state index is 0.00715. The molecule has 1 aliphatic rings. The number of hydrogen-bond donors (Lipinski definition) is 3. The summed E-state index contributed by atoms with van der Waals surface area (Å²) in [5.41, 5.74) is 2.60. The Bertz CT molecular complexity index is 473. The molecular weight excluding hydrogens is 232 g/mol. The van der Waals surface area contributed by atoms with E-state index in [2.05, 4.69) is 20.7 Å². The Hall–Kier alpha value is -1.89. The van der Waals surface area contributed by atoms with Crippen LogP contribution in [0.1, 0.15) is 19.5 Å². The average molecular weight is 250 g/mol. The van der Waals surface area contributed by atoms with Crippen molar-refractivity contribution in [3.63, 3.8) is 0 Å². The maximum Gasteiger partial charge on any atom is 0.245 e. The maximum absolute atomic E-state index is 11.9. The molecule has 7 heteroatoms. The number of piperazine rings is 1. The number of carbonyl (C=O) groups is 1. The highest BCUT2D eigenvalue weighted by Crippen LogP contribution is 2.25. The van der Waals surface area contributed by atoms with Crippen LogP contribution in [-0.2, 0) is 4.79 Å². The van der Waals surface area contributed by atoms with E-state index in [9.17, 15) is 4.79 Å². The lowest BCUT2D eigenvalue weighted by molar-refractivity contribution is -0.126. The van der Waals surface area contributed by atoms with Crippen LogP contribution < -0.4 is 21.5 Å². The van der Waals surface area contributed by atoms with Crippen molar-refractivity contribution in [1.29, 1.82) is 0 Å². The van der Waals surface area contributed by atoms with Gasteiger partial charge in [-0.25, -0.2) is 10.8 Å². The smallest absolute Gasteiger partial charge is 0.245 e. The molecule has 1 aromatic heterocycles. The number of aromatic nitrogens is 2. The van der Waals surface area contributed by atoms with Crippen LogP contribution in [0, 0.1) is 6.92 Å². The number of hydrazine groups is 1. The first-order valence-corrected chi connectivity index (χ1v) is 5.83. The van der Waals surface area contributed by atoms with Crippen molar-refractivity contribution in [2.75, 3.05) is 23.4 Å². The zero-order chi connectivity index (χ0) is 13.3. The number of aryl methyl sites for hydroxylation is 1. The van der Waals surface area contributed by atoms with Crippen LogP contribution in [0.25, 0.3) is 0 Å². The normalized spacial score (nSPS) is 18.4. The van der Waals surface area contributed by atoms with Crippen LogP contribution in [-0.4, -0.2) is 34.5 Å². The quantitative estimate of drug-likeness (QED) is 0.496. The third-order valence-electron chi connectivity index (χ3n) is 3.10. The maximum atomic E-state index is 11.9. The van der Waals surface area contributed by atoms with Crippen molar-refractivity contribution in [3.05, 3.63) is 11.8 Å². The summed E-state index contributed by atoms with van der Waals surface area (Å²) >= 11 is 0. The molecule has 0 aromatic carbocycles. The average Bonchev–Trinajstić information content (AvgIpc) is 2.31. The van der Waals surface area contributed by atoms with Crippen LogP contribution in [0.3, 0.4) is 0 Å².